The van der Waals surface area contributed by atoms with Crippen molar-refractivity contribution in [2.24, 2.45) is 5.92 Å². The summed E-state index contributed by atoms with van der Waals surface area (Å²) in [5.41, 5.74) is 6.13. The van der Waals surface area contributed by atoms with Crippen LogP contribution >= 0.6 is 0 Å². The molecule has 2 rings (SSSR count). The summed E-state index contributed by atoms with van der Waals surface area (Å²) < 4.78 is 32.2. The van der Waals surface area contributed by atoms with E-state index in [2.05, 4.69) is 6.92 Å². The van der Waals surface area contributed by atoms with E-state index < -0.39 is 10.0 Å². The fraction of sp³-hybridized carbons (Fsp3) is 0.600. The topological polar surface area (TPSA) is 72.6 Å². The fourth-order valence-corrected chi connectivity index (χ4v) is 4.64. The van der Waals surface area contributed by atoms with Gasteiger partial charge in [0.1, 0.15) is 10.6 Å². The Labute approximate surface area is 127 Å². The van der Waals surface area contributed by atoms with Crippen LogP contribution in [-0.4, -0.2) is 32.9 Å². The van der Waals surface area contributed by atoms with Crippen molar-refractivity contribution in [2.75, 3.05) is 19.9 Å². The zero-order chi connectivity index (χ0) is 15.6. The summed E-state index contributed by atoms with van der Waals surface area (Å²) in [4.78, 5) is 0.156. The quantitative estimate of drug-likeness (QED) is 0.867. The molecule has 0 spiro atoms. The van der Waals surface area contributed by atoms with Crippen molar-refractivity contribution in [3.05, 3.63) is 18.2 Å². The first-order valence-electron chi connectivity index (χ1n) is 7.29. The Morgan fingerprint density at radius 1 is 1.29 bits per heavy atom. The Bertz CT molecular complexity index is 601. The predicted molar refractivity (Wildman–Crippen MR) is 83.8 cm³/mol. The number of rotatable bonds is 4. The van der Waals surface area contributed by atoms with Crippen LogP contribution in [-0.2, 0) is 10.0 Å². The molecular formula is C15H24N2O3S. The van der Waals surface area contributed by atoms with Crippen LogP contribution < -0.4 is 10.5 Å². The summed E-state index contributed by atoms with van der Waals surface area (Å²) in [5.74, 6) is 0.929. The lowest BCUT2D eigenvalue weighted by molar-refractivity contribution is 0.213. The second-order valence-corrected chi connectivity index (χ2v) is 7.72. The molecule has 6 heteroatoms. The number of anilines is 1. The highest BCUT2D eigenvalue weighted by atomic mass is 32.2. The Kier molecular flexibility index (Phi) is 4.78. The van der Waals surface area contributed by atoms with Gasteiger partial charge in [0.2, 0.25) is 10.0 Å². The number of benzene rings is 1. The number of hydrogen-bond acceptors (Lipinski definition) is 4. The summed E-state index contributed by atoms with van der Waals surface area (Å²) in [6, 6.07) is 4.74. The van der Waals surface area contributed by atoms with Crippen molar-refractivity contribution >= 4 is 15.7 Å². The zero-order valence-corrected chi connectivity index (χ0v) is 13.7. The van der Waals surface area contributed by atoms with Gasteiger partial charge < -0.3 is 10.5 Å². The summed E-state index contributed by atoms with van der Waals surface area (Å²) in [7, 11) is -0.390. The third-order valence-corrected chi connectivity index (χ3v) is 6.36. The van der Waals surface area contributed by atoms with Crippen LogP contribution in [0.25, 0.3) is 0 Å². The minimum absolute atomic E-state index is 0.0465. The first kappa shape index (κ1) is 16.1. The summed E-state index contributed by atoms with van der Waals surface area (Å²) in [5, 5.41) is 0. The van der Waals surface area contributed by atoms with Crippen LogP contribution in [0.3, 0.4) is 0 Å². The van der Waals surface area contributed by atoms with Crippen molar-refractivity contribution in [3.8, 4) is 5.75 Å². The van der Waals surface area contributed by atoms with Gasteiger partial charge >= 0.3 is 0 Å². The molecule has 0 aromatic heterocycles. The third-order valence-electron chi connectivity index (χ3n) is 4.41. The van der Waals surface area contributed by atoms with E-state index in [9.17, 15) is 8.42 Å². The molecule has 1 aromatic carbocycles. The highest BCUT2D eigenvalue weighted by Crippen LogP contribution is 2.33. The van der Waals surface area contributed by atoms with Gasteiger partial charge in [-0.25, -0.2) is 8.42 Å². The Morgan fingerprint density at radius 2 is 1.95 bits per heavy atom. The van der Waals surface area contributed by atoms with Crippen LogP contribution in [0.1, 0.15) is 32.6 Å². The number of methoxy groups -OCH3 is 1. The smallest absolute Gasteiger partial charge is 0.245 e. The average molecular weight is 312 g/mol. The molecule has 2 N–H and O–H groups in total. The number of nitrogens with zero attached hydrogens (tertiary/aromatic N) is 1. The maximum absolute atomic E-state index is 12.8. The van der Waals surface area contributed by atoms with E-state index in [1.54, 1.807) is 19.2 Å². The summed E-state index contributed by atoms with van der Waals surface area (Å²) in [6.45, 7) is 2.12. The molecule has 1 aliphatic carbocycles. The van der Waals surface area contributed by atoms with Gasteiger partial charge in [0.15, 0.2) is 0 Å². The molecule has 21 heavy (non-hydrogen) atoms. The first-order valence-corrected chi connectivity index (χ1v) is 8.73. The minimum atomic E-state index is -3.57. The van der Waals surface area contributed by atoms with E-state index in [1.165, 1.54) is 23.9 Å². The third kappa shape index (κ3) is 3.16. The zero-order valence-electron chi connectivity index (χ0n) is 12.9. The molecule has 0 saturated heterocycles. The van der Waals surface area contributed by atoms with E-state index in [0.29, 0.717) is 11.7 Å². The molecular weight excluding hydrogens is 288 g/mol. The number of hydrogen-bond donors (Lipinski definition) is 1. The highest BCUT2D eigenvalue weighted by molar-refractivity contribution is 7.89. The van der Waals surface area contributed by atoms with Crippen molar-refractivity contribution in [3.63, 3.8) is 0 Å². The van der Waals surface area contributed by atoms with Gasteiger partial charge in [-0.2, -0.15) is 4.31 Å². The average Bonchev–Trinajstić information content (AvgIpc) is 2.46. The minimum Gasteiger partial charge on any atom is -0.497 e. The molecule has 2 unspecified atom stereocenters. The maximum atomic E-state index is 12.8. The lowest BCUT2D eigenvalue weighted by Gasteiger charge is -2.35. The number of sulfonamides is 1. The molecule has 0 aliphatic heterocycles. The van der Waals surface area contributed by atoms with Crippen LogP contribution in [0.2, 0.25) is 0 Å². The van der Waals surface area contributed by atoms with E-state index in [-0.39, 0.29) is 16.6 Å². The van der Waals surface area contributed by atoms with Crippen LogP contribution in [0, 0.1) is 5.92 Å². The van der Waals surface area contributed by atoms with Crippen LogP contribution in [0.5, 0.6) is 5.75 Å². The van der Waals surface area contributed by atoms with Crippen LogP contribution in [0.15, 0.2) is 23.1 Å². The monoisotopic (exact) mass is 312 g/mol. The van der Waals surface area contributed by atoms with Gasteiger partial charge in [0.25, 0.3) is 0 Å². The molecule has 0 amide bonds. The van der Waals surface area contributed by atoms with Crippen LogP contribution in [0.4, 0.5) is 5.69 Å². The van der Waals surface area contributed by atoms with Crippen molar-refractivity contribution in [2.45, 2.75) is 43.5 Å². The van der Waals surface area contributed by atoms with E-state index in [0.717, 1.165) is 19.3 Å². The van der Waals surface area contributed by atoms with E-state index in [1.807, 2.05) is 0 Å². The molecule has 2 atom stereocenters. The van der Waals surface area contributed by atoms with Gasteiger partial charge in [0.05, 0.1) is 12.8 Å². The Hall–Kier alpha value is -1.27. The number of nitrogens with two attached hydrogens (primary N) is 1. The molecule has 1 aliphatic rings. The molecule has 1 aromatic rings. The highest BCUT2D eigenvalue weighted by Gasteiger charge is 2.33. The van der Waals surface area contributed by atoms with Gasteiger partial charge in [-0.3, -0.25) is 0 Å². The second-order valence-electron chi connectivity index (χ2n) is 5.75. The van der Waals surface area contributed by atoms with Gasteiger partial charge in [-0.15, -0.1) is 0 Å². The summed E-state index contributed by atoms with van der Waals surface area (Å²) in [6.07, 6.45) is 4.23. The molecule has 0 radical (unpaired) electrons. The Morgan fingerprint density at radius 3 is 2.52 bits per heavy atom. The first-order chi connectivity index (χ1) is 9.87. The molecule has 118 valence electrons. The fourth-order valence-electron chi connectivity index (χ4n) is 3.06. The molecule has 0 heterocycles. The Balaban J connectivity index is 2.32. The van der Waals surface area contributed by atoms with Crippen molar-refractivity contribution < 1.29 is 13.2 Å². The lowest BCUT2D eigenvalue weighted by Crippen LogP contribution is -2.42. The largest absolute Gasteiger partial charge is 0.497 e. The van der Waals surface area contributed by atoms with Gasteiger partial charge in [0, 0.05) is 19.2 Å². The second kappa shape index (κ2) is 6.23. The standard InChI is InChI=1S/C15H24N2O3S/c1-11-6-4-5-7-14(11)17(2)21(18,19)15-9-8-12(20-3)10-13(15)16/h8-11,14H,4-7,16H2,1-3H3. The normalized spacial score (nSPS) is 23.2. The molecule has 1 saturated carbocycles. The lowest BCUT2D eigenvalue weighted by atomic mass is 9.86. The molecule has 1 fully saturated rings. The number of ether oxygens (including phenoxy) is 1. The number of nitrogen functional groups attached to an aromatic ring is 1. The van der Waals surface area contributed by atoms with E-state index in [4.69, 9.17) is 10.5 Å². The summed E-state index contributed by atoms with van der Waals surface area (Å²) >= 11 is 0. The van der Waals surface area contributed by atoms with Gasteiger partial charge in [-0.05, 0) is 30.9 Å². The van der Waals surface area contributed by atoms with Crippen molar-refractivity contribution in [1.29, 1.82) is 0 Å². The maximum Gasteiger partial charge on any atom is 0.245 e. The van der Waals surface area contributed by atoms with Gasteiger partial charge in [-0.1, -0.05) is 19.8 Å². The van der Waals surface area contributed by atoms with E-state index >= 15 is 0 Å². The SMILES string of the molecule is COc1ccc(S(=O)(=O)N(C)C2CCCCC2C)c(N)c1. The predicted octanol–water partition coefficient (Wildman–Crippen LogP) is 2.48. The molecule has 0 bridgehead atoms. The van der Waals surface area contributed by atoms with Crippen molar-refractivity contribution in [1.82, 2.24) is 4.31 Å². The molecule has 5 nitrogen and oxygen atoms in total.